The summed E-state index contributed by atoms with van der Waals surface area (Å²) in [5.41, 5.74) is 1.10. The lowest BCUT2D eigenvalue weighted by Crippen LogP contribution is -2.03. The van der Waals surface area contributed by atoms with Crippen LogP contribution in [0.1, 0.15) is 39.2 Å². The first-order chi connectivity index (χ1) is 6.22. The van der Waals surface area contributed by atoms with Crippen LogP contribution in [0.3, 0.4) is 0 Å². The van der Waals surface area contributed by atoms with Gasteiger partial charge in [-0.25, -0.2) is 0 Å². The van der Waals surface area contributed by atoms with Gasteiger partial charge < -0.3 is 0 Å². The van der Waals surface area contributed by atoms with E-state index in [0.717, 1.165) is 5.56 Å². The van der Waals surface area contributed by atoms with Crippen molar-refractivity contribution in [2.24, 2.45) is 0 Å². The molecule has 1 atom stereocenters. The van der Waals surface area contributed by atoms with Crippen LogP contribution in [0.2, 0.25) is 0 Å². The topological polar surface area (TPSA) is 17.1 Å². The van der Waals surface area contributed by atoms with Crippen LogP contribution in [0.25, 0.3) is 0 Å². The highest BCUT2D eigenvalue weighted by Gasteiger charge is 2.08. The summed E-state index contributed by atoms with van der Waals surface area (Å²) in [6.45, 7) is 7.55. The van der Waals surface area contributed by atoms with Crippen LogP contribution in [0, 0.1) is 0 Å². The van der Waals surface area contributed by atoms with E-state index in [1.807, 2.05) is 51.1 Å². The van der Waals surface area contributed by atoms with Crippen LogP contribution in [0.15, 0.2) is 30.3 Å². The van der Waals surface area contributed by atoms with Gasteiger partial charge in [-0.05, 0) is 12.5 Å². The highest BCUT2D eigenvalue weighted by Crippen LogP contribution is 2.14. The zero-order valence-corrected chi connectivity index (χ0v) is 8.87. The lowest BCUT2D eigenvalue weighted by Gasteiger charge is -2.05. The molecule has 0 N–H and O–H groups in total. The third-order valence-corrected chi connectivity index (χ3v) is 1.91. The van der Waals surface area contributed by atoms with Gasteiger partial charge in [-0.2, -0.15) is 0 Å². The molecule has 72 valence electrons. The molecule has 0 aromatic heterocycles. The van der Waals surface area contributed by atoms with E-state index in [-0.39, 0.29) is 11.7 Å². The number of Topliss-reactive ketones (excluding diaryl/α,β-unsaturated/α-hetero) is 1. The van der Waals surface area contributed by atoms with Crippen LogP contribution in [-0.4, -0.2) is 5.78 Å². The molecule has 0 unspecified atom stereocenters. The summed E-state index contributed by atoms with van der Waals surface area (Å²) in [5.74, 6) is 0.257. The molecule has 1 heteroatoms. The zero-order valence-electron chi connectivity index (χ0n) is 8.87. The van der Waals surface area contributed by atoms with Crippen molar-refractivity contribution in [3.63, 3.8) is 0 Å². The Hall–Kier alpha value is -1.11. The first-order valence-corrected chi connectivity index (χ1v) is 4.77. The largest absolute Gasteiger partial charge is 0.299 e. The minimum absolute atomic E-state index is 0.0381. The molecule has 0 amide bonds. The second kappa shape index (κ2) is 6.41. The number of hydrogen-bond donors (Lipinski definition) is 0. The zero-order chi connectivity index (χ0) is 10.3. The average Bonchev–Trinajstić information content (AvgIpc) is 2.21. The van der Waals surface area contributed by atoms with E-state index >= 15 is 0 Å². The number of rotatable bonds is 2. The molecule has 0 bridgehead atoms. The van der Waals surface area contributed by atoms with Gasteiger partial charge in [0.2, 0.25) is 0 Å². The van der Waals surface area contributed by atoms with E-state index in [4.69, 9.17) is 0 Å². The van der Waals surface area contributed by atoms with E-state index in [1.54, 1.807) is 6.92 Å². The highest BCUT2D eigenvalue weighted by atomic mass is 16.1. The molecule has 0 radical (unpaired) electrons. The van der Waals surface area contributed by atoms with E-state index < -0.39 is 0 Å². The smallest absolute Gasteiger partial charge is 0.136 e. The van der Waals surface area contributed by atoms with Gasteiger partial charge in [-0.3, -0.25) is 4.79 Å². The quantitative estimate of drug-likeness (QED) is 0.678. The van der Waals surface area contributed by atoms with Crippen molar-refractivity contribution in [2.45, 2.75) is 33.6 Å². The Bertz CT molecular complexity index is 239. The van der Waals surface area contributed by atoms with Crippen molar-refractivity contribution >= 4 is 5.78 Å². The summed E-state index contributed by atoms with van der Waals surface area (Å²) in [4.78, 5) is 10.9. The predicted octanol–water partition coefficient (Wildman–Crippen LogP) is 3.41. The highest BCUT2D eigenvalue weighted by molar-refractivity contribution is 5.82. The Kier molecular flexibility index (Phi) is 5.86. The van der Waals surface area contributed by atoms with E-state index in [9.17, 15) is 4.79 Å². The van der Waals surface area contributed by atoms with Crippen LogP contribution in [0.4, 0.5) is 0 Å². The van der Waals surface area contributed by atoms with Gasteiger partial charge in [0.05, 0.1) is 0 Å². The Morgan fingerprint density at radius 3 is 2.00 bits per heavy atom. The molecule has 1 rings (SSSR count). The van der Waals surface area contributed by atoms with E-state index in [0.29, 0.717) is 0 Å². The Balaban J connectivity index is 0.000000671. The standard InChI is InChI=1S/C10H12O.C2H6/c1-8(9(2)11)10-6-4-3-5-7-10;1-2/h3-8H,1-2H3;1-2H3/t8-;/m1./s1. The molecule has 0 heterocycles. The van der Waals surface area contributed by atoms with Crippen molar-refractivity contribution in [2.75, 3.05) is 0 Å². The number of carbonyl (C=O) groups excluding carboxylic acids is 1. The maximum Gasteiger partial charge on any atom is 0.136 e. The molecule has 0 fully saturated rings. The molecule has 0 saturated carbocycles. The molecular weight excluding hydrogens is 160 g/mol. The van der Waals surface area contributed by atoms with Gasteiger partial charge >= 0.3 is 0 Å². The van der Waals surface area contributed by atoms with Crippen molar-refractivity contribution in [1.82, 2.24) is 0 Å². The predicted molar refractivity (Wildman–Crippen MR) is 56.9 cm³/mol. The third-order valence-electron chi connectivity index (χ3n) is 1.91. The minimum Gasteiger partial charge on any atom is -0.299 e. The molecule has 0 saturated heterocycles. The maximum absolute atomic E-state index is 10.9. The van der Waals surface area contributed by atoms with Crippen molar-refractivity contribution in [1.29, 1.82) is 0 Å². The Morgan fingerprint density at radius 2 is 1.62 bits per heavy atom. The summed E-state index contributed by atoms with van der Waals surface area (Å²) in [6.07, 6.45) is 0. The summed E-state index contributed by atoms with van der Waals surface area (Å²) in [6, 6.07) is 9.82. The normalized spacial score (nSPS) is 11.1. The van der Waals surface area contributed by atoms with Crippen LogP contribution in [-0.2, 0) is 4.79 Å². The van der Waals surface area contributed by atoms with E-state index in [1.165, 1.54) is 0 Å². The molecular formula is C12H18O. The molecule has 1 aromatic carbocycles. The van der Waals surface area contributed by atoms with Gasteiger partial charge in [0.15, 0.2) is 0 Å². The Labute approximate surface area is 80.8 Å². The van der Waals surface area contributed by atoms with Crippen molar-refractivity contribution in [3.05, 3.63) is 35.9 Å². The molecule has 1 aromatic rings. The van der Waals surface area contributed by atoms with Gasteiger partial charge in [-0.15, -0.1) is 0 Å². The van der Waals surface area contributed by atoms with Crippen LogP contribution in [0.5, 0.6) is 0 Å². The molecule has 0 aliphatic carbocycles. The lowest BCUT2D eigenvalue weighted by molar-refractivity contribution is -0.118. The SMILES string of the molecule is CC.CC(=O)[C@@H](C)c1ccccc1. The molecule has 0 aliphatic rings. The number of ketones is 1. The summed E-state index contributed by atoms with van der Waals surface area (Å²) in [5, 5.41) is 0. The fraction of sp³-hybridized carbons (Fsp3) is 0.417. The molecule has 0 aliphatic heterocycles. The second-order valence-electron chi connectivity index (χ2n) is 2.74. The van der Waals surface area contributed by atoms with Crippen LogP contribution >= 0.6 is 0 Å². The monoisotopic (exact) mass is 178 g/mol. The second-order valence-corrected chi connectivity index (χ2v) is 2.74. The summed E-state index contributed by atoms with van der Waals surface area (Å²) < 4.78 is 0. The maximum atomic E-state index is 10.9. The van der Waals surface area contributed by atoms with E-state index in [2.05, 4.69) is 0 Å². The van der Waals surface area contributed by atoms with Crippen molar-refractivity contribution in [3.8, 4) is 0 Å². The fourth-order valence-electron chi connectivity index (χ4n) is 0.976. The molecule has 13 heavy (non-hydrogen) atoms. The first-order valence-electron chi connectivity index (χ1n) is 4.77. The summed E-state index contributed by atoms with van der Waals surface area (Å²) in [7, 11) is 0. The van der Waals surface area contributed by atoms with Crippen LogP contribution < -0.4 is 0 Å². The molecule has 0 spiro atoms. The van der Waals surface area contributed by atoms with Gasteiger partial charge in [0.25, 0.3) is 0 Å². The lowest BCUT2D eigenvalue weighted by atomic mass is 9.98. The first kappa shape index (κ1) is 11.9. The number of carbonyl (C=O) groups is 1. The Morgan fingerprint density at radius 1 is 1.15 bits per heavy atom. The number of benzene rings is 1. The van der Waals surface area contributed by atoms with Gasteiger partial charge in [0.1, 0.15) is 5.78 Å². The summed E-state index contributed by atoms with van der Waals surface area (Å²) >= 11 is 0. The number of hydrogen-bond acceptors (Lipinski definition) is 1. The molecule has 1 nitrogen and oxygen atoms in total. The van der Waals surface area contributed by atoms with Gasteiger partial charge in [0, 0.05) is 5.92 Å². The minimum atomic E-state index is 0.0381. The van der Waals surface area contributed by atoms with Gasteiger partial charge in [-0.1, -0.05) is 51.1 Å². The fourth-order valence-corrected chi connectivity index (χ4v) is 0.976. The third kappa shape index (κ3) is 3.88. The average molecular weight is 178 g/mol. The van der Waals surface area contributed by atoms with Crippen molar-refractivity contribution < 1.29 is 4.79 Å².